The molecule has 112 valence electrons. The van der Waals surface area contributed by atoms with Gasteiger partial charge < -0.3 is 14.4 Å². The molecule has 2 fully saturated rings. The van der Waals surface area contributed by atoms with Gasteiger partial charge in [-0.3, -0.25) is 4.79 Å². The lowest BCUT2D eigenvalue weighted by molar-refractivity contribution is -0.142. The van der Waals surface area contributed by atoms with Gasteiger partial charge in [0.05, 0.1) is 30.0 Å². The zero-order valence-electron chi connectivity index (χ0n) is 11.6. The summed E-state index contributed by atoms with van der Waals surface area (Å²) in [5.74, 6) is -0.121. The molecule has 3 unspecified atom stereocenters. The standard InChI is InChI=1S/C15H18N2O4/c18-15(19)10-4-2-1-3-9(10)14-16-13(17-21-14)11-7-8-5-6-12(11)20-8/h1-2,8-12H,3-7H2,(H,18,19)/t8?,9-,10+,11?,12?/m1/s1. The number of hydrogen-bond acceptors (Lipinski definition) is 5. The maximum absolute atomic E-state index is 11.4. The van der Waals surface area contributed by atoms with Crippen LogP contribution >= 0.6 is 0 Å². The van der Waals surface area contributed by atoms with Gasteiger partial charge in [-0.1, -0.05) is 17.3 Å². The number of carboxylic acid groups (broad SMARTS) is 1. The first kappa shape index (κ1) is 13.0. The van der Waals surface area contributed by atoms with Crippen LogP contribution in [-0.2, 0) is 9.53 Å². The van der Waals surface area contributed by atoms with Crippen molar-refractivity contribution >= 4 is 5.97 Å². The van der Waals surface area contributed by atoms with E-state index in [1.807, 2.05) is 12.2 Å². The Balaban J connectivity index is 1.56. The molecule has 6 nitrogen and oxygen atoms in total. The average Bonchev–Trinajstić information content (AvgIpc) is 3.23. The van der Waals surface area contributed by atoms with E-state index < -0.39 is 11.9 Å². The lowest BCUT2D eigenvalue weighted by atomic mass is 9.83. The second-order valence-electron chi connectivity index (χ2n) is 6.20. The Bertz CT molecular complexity index is 582. The van der Waals surface area contributed by atoms with Crippen LogP contribution in [0, 0.1) is 5.92 Å². The summed E-state index contributed by atoms with van der Waals surface area (Å²) < 4.78 is 11.2. The molecule has 1 aliphatic carbocycles. The Labute approximate surface area is 122 Å². The van der Waals surface area contributed by atoms with E-state index in [1.54, 1.807) is 0 Å². The zero-order valence-corrected chi connectivity index (χ0v) is 11.6. The summed E-state index contributed by atoms with van der Waals surface area (Å²) in [5.41, 5.74) is 0. The van der Waals surface area contributed by atoms with Crippen molar-refractivity contribution in [3.05, 3.63) is 23.9 Å². The van der Waals surface area contributed by atoms with Gasteiger partial charge in [0.15, 0.2) is 5.82 Å². The molecule has 1 aromatic rings. The van der Waals surface area contributed by atoms with Crippen LogP contribution < -0.4 is 0 Å². The van der Waals surface area contributed by atoms with E-state index in [-0.39, 0.29) is 17.9 Å². The molecule has 3 aliphatic rings. The van der Waals surface area contributed by atoms with Gasteiger partial charge in [0.2, 0.25) is 5.89 Å². The molecule has 1 N–H and O–H groups in total. The molecule has 4 rings (SSSR count). The van der Waals surface area contributed by atoms with Crippen molar-refractivity contribution in [1.82, 2.24) is 10.1 Å². The molecule has 0 aromatic carbocycles. The fraction of sp³-hybridized carbons (Fsp3) is 0.667. The first-order chi connectivity index (χ1) is 10.2. The minimum absolute atomic E-state index is 0.210. The number of carboxylic acids is 1. The summed E-state index contributed by atoms with van der Waals surface area (Å²) in [6.45, 7) is 0. The van der Waals surface area contributed by atoms with Crippen molar-refractivity contribution in [2.24, 2.45) is 5.92 Å². The molecule has 21 heavy (non-hydrogen) atoms. The van der Waals surface area contributed by atoms with Crippen LogP contribution in [0.2, 0.25) is 0 Å². The number of nitrogens with zero attached hydrogens (tertiary/aromatic N) is 2. The Kier molecular flexibility index (Phi) is 3.06. The van der Waals surface area contributed by atoms with Gasteiger partial charge in [-0.2, -0.15) is 4.98 Å². The molecule has 2 bridgehead atoms. The van der Waals surface area contributed by atoms with Crippen LogP contribution in [0.1, 0.15) is 55.7 Å². The minimum atomic E-state index is -0.799. The van der Waals surface area contributed by atoms with Crippen molar-refractivity contribution in [3.63, 3.8) is 0 Å². The summed E-state index contributed by atoms with van der Waals surface area (Å²) in [7, 11) is 0. The van der Waals surface area contributed by atoms with E-state index in [9.17, 15) is 9.90 Å². The highest BCUT2D eigenvalue weighted by atomic mass is 16.5. The number of ether oxygens (including phenoxy) is 1. The molecule has 0 saturated carbocycles. The third-order valence-electron chi connectivity index (χ3n) is 4.96. The molecular weight excluding hydrogens is 272 g/mol. The maximum atomic E-state index is 11.4. The van der Waals surface area contributed by atoms with Gasteiger partial charge in [0, 0.05) is 0 Å². The number of rotatable bonds is 3. The Morgan fingerprint density at radius 3 is 2.81 bits per heavy atom. The molecule has 2 saturated heterocycles. The van der Waals surface area contributed by atoms with E-state index in [0.29, 0.717) is 30.7 Å². The van der Waals surface area contributed by atoms with Crippen LogP contribution in [0.25, 0.3) is 0 Å². The van der Waals surface area contributed by atoms with Crippen LogP contribution in [0.3, 0.4) is 0 Å². The van der Waals surface area contributed by atoms with Crippen molar-refractivity contribution in [2.75, 3.05) is 0 Å². The molecule has 6 heteroatoms. The minimum Gasteiger partial charge on any atom is -0.481 e. The van der Waals surface area contributed by atoms with Gasteiger partial charge in [-0.25, -0.2) is 0 Å². The summed E-state index contributed by atoms with van der Waals surface area (Å²) in [5, 5.41) is 13.4. The van der Waals surface area contributed by atoms with Crippen molar-refractivity contribution in [2.45, 2.75) is 56.1 Å². The number of aromatic nitrogens is 2. The molecular formula is C15H18N2O4. The predicted molar refractivity (Wildman–Crippen MR) is 71.8 cm³/mol. The first-order valence-electron chi connectivity index (χ1n) is 7.59. The van der Waals surface area contributed by atoms with E-state index >= 15 is 0 Å². The molecule has 2 aliphatic heterocycles. The van der Waals surface area contributed by atoms with Gasteiger partial charge in [-0.05, 0) is 32.1 Å². The summed E-state index contributed by atoms with van der Waals surface area (Å²) in [6, 6.07) is 0. The topological polar surface area (TPSA) is 85.5 Å². The van der Waals surface area contributed by atoms with Crippen LogP contribution in [0.5, 0.6) is 0 Å². The maximum Gasteiger partial charge on any atom is 0.307 e. The second kappa shape index (κ2) is 4.94. The van der Waals surface area contributed by atoms with E-state index in [4.69, 9.17) is 9.26 Å². The first-order valence-corrected chi connectivity index (χ1v) is 7.59. The molecule has 0 amide bonds. The average molecular weight is 290 g/mol. The summed E-state index contributed by atoms with van der Waals surface area (Å²) >= 11 is 0. The second-order valence-corrected chi connectivity index (χ2v) is 6.20. The Morgan fingerprint density at radius 1 is 1.24 bits per heavy atom. The molecule has 0 radical (unpaired) electrons. The monoisotopic (exact) mass is 290 g/mol. The molecule has 5 atom stereocenters. The highest BCUT2D eigenvalue weighted by Gasteiger charge is 2.44. The lowest BCUT2D eigenvalue weighted by Crippen LogP contribution is -2.24. The fourth-order valence-electron chi connectivity index (χ4n) is 3.82. The zero-order chi connectivity index (χ0) is 14.4. The number of fused-ring (bicyclic) bond motifs is 2. The lowest BCUT2D eigenvalue weighted by Gasteiger charge is -2.21. The third-order valence-corrected chi connectivity index (χ3v) is 4.96. The molecule has 0 spiro atoms. The van der Waals surface area contributed by atoms with Crippen LogP contribution in [0.4, 0.5) is 0 Å². The normalized spacial score (nSPS) is 38.0. The van der Waals surface area contributed by atoms with Crippen molar-refractivity contribution in [1.29, 1.82) is 0 Å². The van der Waals surface area contributed by atoms with Gasteiger partial charge in [0.25, 0.3) is 0 Å². The van der Waals surface area contributed by atoms with Gasteiger partial charge in [-0.15, -0.1) is 0 Å². The van der Waals surface area contributed by atoms with Gasteiger partial charge >= 0.3 is 5.97 Å². The smallest absolute Gasteiger partial charge is 0.307 e. The SMILES string of the molecule is O=C(O)[C@H]1CC=CC[C@H]1c1nc(C2CC3CCC2O3)no1. The van der Waals surface area contributed by atoms with E-state index in [0.717, 1.165) is 19.3 Å². The largest absolute Gasteiger partial charge is 0.481 e. The van der Waals surface area contributed by atoms with E-state index in [2.05, 4.69) is 10.1 Å². The van der Waals surface area contributed by atoms with Gasteiger partial charge in [0.1, 0.15) is 0 Å². The highest BCUT2D eigenvalue weighted by Crippen LogP contribution is 2.44. The number of carbonyl (C=O) groups is 1. The Hall–Kier alpha value is -1.69. The quantitative estimate of drug-likeness (QED) is 0.859. The highest BCUT2D eigenvalue weighted by molar-refractivity contribution is 5.71. The number of aliphatic carboxylic acids is 1. The van der Waals surface area contributed by atoms with Crippen LogP contribution in [-0.4, -0.2) is 33.4 Å². The van der Waals surface area contributed by atoms with Crippen molar-refractivity contribution < 1.29 is 19.2 Å². The van der Waals surface area contributed by atoms with Crippen molar-refractivity contribution in [3.8, 4) is 0 Å². The third kappa shape index (κ3) is 2.18. The molecule has 1 aromatic heterocycles. The summed E-state index contributed by atoms with van der Waals surface area (Å²) in [6.07, 6.45) is 8.76. The fourth-order valence-corrected chi connectivity index (χ4v) is 3.82. The van der Waals surface area contributed by atoms with Crippen LogP contribution in [0.15, 0.2) is 16.7 Å². The molecule has 3 heterocycles. The van der Waals surface area contributed by atoms with E-state index in [1.165, 1.54) is 0 Å². The number of allylic oxidation sites excluding steroid dienone is 2. The number of hydrogen-bond donors (Lipinski definition) is 1. The Morgan fingerprint density at radius 2 is 2.10 bits per heavy atom. The summed E-state index contributed by atoms with van der Waals surface area (Å²) in [4.78, 5) is 15.9. The predicted octanol–water partition coefficient (Wildman–Crippen LogP) is 2.24.